The summed E-state index contributed by atoms with van der Waals surface area (Å²) in [5, 5.41) is 18.4. The van der Waals surface area contributed by atoms with Crippen LogP contribution in [0.3, 0.4) is 0 Å². The zero-order valence-electron chi connectivity index (χ0n) is 11.4. The van der Waals surface area contributed by atoms with Crippen LogP contribution < -0.4 is 11.1 Å². The van der Waals surface area contributed by atoms with Crippen LogP contribution in [0.1, 0.15) is 35.1 Å². The van der Waals surface area contributed by atoms with Crippen molar-refractivity contribution in [1.82, 2.24) is 10.2 Å². The Morgan fingerprint density at radius 2 is 2.33 bits per heavy atom. The molecule has 1 heterocycles. The van der Waals surface area contributed by atoms with E-state index >= 15 is 0 Å². The highest BCUT2D eigenvalue weighted by molar-refractivity contribution is 9.10. The van der Waals surface area contributed by atoms with E-state index in [1.54, 1.807) is 18.2 Å². The lowest BCUT2D eigenvalue weighted by atomic mass is 10.1. The van der Waals surface area contributed by atoms with Crippen LogP contribution in [0.2, 0.25) is 0 Å². The first-order valence-corrected chi connectivity index (χ1v) is 7.19. The molecule has 0 unspecified atom stereocenters. The van der Waals surface area contributed by atoms with Gasteiger partial charge < -0.3 is 11.1 Å². The molecule has 108 valence electrons. The zero-order valence-corrected chi connectivity index (χ0v) is 13.0. The summed E-state index contributed by atoms with van der Waals surface area (Å²) >= 11 is 3.30. The second-order valence-corrected chi connectivity index (χ2v) is 5.39. The number of carbonyl (C=O) groups excluding carboxylic acids is 1. The smallest absolute Gasteiger partial charge is 0.278 e. The van der Waals surface area contributed by atoms with Crippen molar-refractivity contribution in [3.63, 3.8) is 0 Å². The summed E-state index contributed by atoms with van der Waals surface area (Å²) in [5.74, 6) is -0.444. The van der Waals surface area contributed by atoms with E-state index in [0.717, 1.165) is 23.0 Å². The number of halogens is 1. The summed E-state index contributed by atoms with van der Waals surface area (Å²) in [6.07, 6.45) is 1.63. The Bertz CT molecular complexity index is 717. The van der Waals surface area contributed by atoms with Crippen LogP contribution in [-0.4, -0.2) is 16.1 Å². The third kappa shape index (κ3) is 3.23. The van der Waals surface area contributed by atoms with Crippen molar-refractivity contribution in [3.8, 4) is 6.07 Å². The minimum atomic E-state index is -0.444. The van der Waals surface area contributed by atoms with Crippen LogP contribution in [0.5, 0.6) is 0 Å². The number of aromatic nitrogens is 2. The largest absolute Gasteiger partial charge is 0.395 e. The summed E-state index contributed by atoms with van der Waals surface area (Å²) in [6.45, 7) is 2.01. The Kier molecular flexibility index (Phi) is 4.60. The number of benzene rings is 1. The summed E-state index contributed by atoms with van der Waals surface area (Å²) in [7, 11) is 0. The molecule has 0 aliphatic rings. The molecule has 0 aliphatic carbocycles. The molecule has 0 fully saturated rings. The van der Waals surface area contributed by atoms with Crippen LogP contribution in [0.25, 0.3) is 0 Å². The van der Waals surface area contributed by atoms with Crippen molar-refractivity contribution in [3.05, 3.63) is 39.6 Å². The van der Waals surface area contributed by atoms with E-state index in [-0.39, 0.29) is 5.69 Å². The van der Waals surface area contributed by atoms with Gasteiger partial charge in [-0.05, 0) is 24.6 Å². The Morgan fingerprint density at radius 3 is 3.00 bits per heavy atom. The van der Waals surface area contributed by atoms with Crippen LogP contribution in [0.15, 0.2) is 22.7 Å². The van der Waals surface area contributed by atoms with Gasteiger partial charge in [0.05, 0.1) is 22.6 Å². The van der Waals surface area contributed by atoms with E-state index in [2.05, 4.69) is 31.4 Å². The fourth-order valence-electron chi connectivity index (χ4n) is 1.90. The molecule has 7 heteroatoms. The van der Waals surface area contributed by atoms with Gasteiger partial charge in [-0.1, -0.05) is 29.3 Å². The quantitative estimate of drug-likeness (QED) is 0.789. The second-order valence-electron chi connectivity index (χ2n) is 4.47. The van der Waals surface area contributed by atoms with E-state index in [9.17, 15) is 4.79 Å². The van der Waals surface area contributed by atoms with Gasteiger partial charge in [0.2, 0.25) is 0 Å². The predicted octanol–water partition coefficient (Wildman–Crippen LogP) is 2.83. The molecule has 1 aromatic heterocycles. The molecule has 0 saturated carbocycles. The predicted molar refractivity (Wildman–Crippen MR) is 83.8 cm³/mol. The molecule has 6 nitrogen and oxygen atoms in total. The highest BCUT2D eigenvalue weighted by Gasteiger charge is 2.18. The van der Waals surface area contributed by atoms with Crippen LogP contribution in [0, 0.1) is 11.3 Å². The van der Waals surface area contributed by atoms with Gasteiger partial charge in [-0.25, -0.2) is 0 Å². The van der Waals surface area contributed by atoms with Gasteiger partial charge in [-0.3, -0.25) is 9.89 Å². The normalized spacial score (nSPS) is 10.1. The fraction of sp³-hybridized carbons (Fsp3) is 0.214. The molecule has 4 N–H and O–H groups in total. The monoisotopic (exact) mass is 347 g/mol. The van der Waals surface area contributed by atoms with Crippen LogP contribution in [-0.2, 0) is 6.42 Å². The van der Waals surface area contributed by atoms with E-state index in [0.29, 0.717) is 16.9 Å². The maximum absolute atomic E-state index is 12.2. The number of nitriles is 1. The molecule has 2 rings (SSSR count). The highest BCUT2D eigenvalue weighted by atomic mass is 79.9. The number of aryl methyl sites for hydroxylation is 1. The maximum Gasteiger partial charge on any atom is 0.278 e. The molecule has 21 heavy (non-hydrogen) atoms. The van der Waals surface area contributed by atoms with Crippen molar-refractivity contribution in [2.24, 2.45) is 0 Å². The van der Waals surface area contributed by atoms with Gasteiger partial charge in [-0.2, -0.15) is 10.4 Å². The van der Waals surface area contributed by atoms with E-state index in [4.69, 9.17) is 11.0 Å². The molecule has 0 spiro atoms. The average molecular weight is 348 g/mol. The molecule has 0 bridgehead atoms. The molecule has 0 radical (unpaired) electrons. The van der Waals surface area contributed by atoms with Gasteiger partial charge in [0, 0.05) is 4.47 Å². The Morgan fingerprint density at radius 1 is 1.57 bits per heavy atom. The highest BCUT2D eigenvalue weighted by Crippen LogP contribution is 2.23. The number of nitrogens with two attached hydrogens (primary N) is 1. The number of aromatic amines is 1. The Balaban J connectivity index is 2.27. The van der Waals surface area contributed by atoms with Gasteiger partial charge >= 0.3 is 0 Å². The summed E-state index contributed by atoms with van der Waals surface area (Å²) in [4.78, 5) is 12.2. The van der Waals surface area contributed by atoms with Crippen molar-refractivity contribution in [1.29, 1.82) is 5.26 Å². The fourth-order valence-corrected chi connectivity index (χ4v) is 2.26. The van der Waals surface area contributed by atoms with Crippen molar-refractivity contribution in [2.75, 3.05) is 11.1 Å². The average Bonchev–Trinajstić information content (AvgIpc) is 2.81. The van der Waals surface area contributed by atoms with Crippen molar-refractivity contribution >= 4 is 33.2 Å². The topological polar surface area (TPSA) is 108 Å². The first-order valence-electron chi connectivity index (χ1n) is 6.40. The lowest BCUT2D eigenvalue weighted by Crippen LogP contribution is -2.15. The Hall–Kier alpha value is -2.33. The maximum atomic E-state index is 12.2. The van der Waals surface area contributed by atoms with E-state index in [1.807, 2.05) is 13.0 Å². The Labute approximate surface area is 130 Å². The number of nitrogens with zero attached hydrogens (tertiary/aromatic N) is 2. The van der Waals surface area contributed by atoms with Gasteiger partial charge in [0.25, 0.3) is 5.91 Å². The third-order valence-electron chi connectivity index (χ3n) is 2.95. The molecule has 0 saturated heterocycles. The molecular weight excluding hydrogens is 334 g/mol. The molecule has 1 aromatic carbocycles. The van der Waals surface area contributed by atoms with E-state index in [1.165, 1.54) is 0 Å². The van der Waals surface area contributed by atoms with E-state index < -0.39 is 5.91 Å². The number of amides is 1. The first kappa shape index (κ1) is 15.1. The minimum Gasteiger partial charge on any atom is -0.395 e. The molecule has 0 atom stereocenters. The summed E-state index contributed by atoms with van der Waals surface area (Å²) in [6, 6.07) is 7.04. The number of nitrogens with one attached hydrogen (secondary N) is 2. The molecule has 2 aromatic rings. The number of hydrogen-bond acceptors (Lipinski definition) is 4. The SMILES string of the molecule is CCCc1[nH]nc(C(=O)Nc2cc(Br)ccc2C#N)c1N. The lowest BCUT2D eigenvalue weighted by Gasteiger charge is -2.06. The van der Waals surface area contributed by atoms with Gasteiger partial charge in [0.15, 0.2) is 5.69 Å². The standard InChI is InChI=1S/C14H14BrN5O/c1-2-3-10-12(17)13(20-19-10)14(21)18-11-6-9(15)5-4-8(11)7-16/h4-6H,2-3,17H2,1H3,(H,18,21)(H,19,20). The number of nitrogen functional groups attached to an aromatic ring is 1. The number of hydrogen-bond donors (Lipinski definition) is 3. The number of H-pyrrole nitrogens is 1. The van der Waals surface area contributed by atoms with Gasteiger partial charge in [-0.15, -0.1) is 0 Å². The third-order valence-corrected chi connectivity index (χ3v) is 3.44. The number of rotatable bonds is 4. The first-order chi connectivity index (χ1) is 10.1. The number of carbonyl (C=O) groups is 1. The van der Waals surface area contributed by atoms with Crippen LogP contribution >= 0.6 is 15.9 Å². The summed E-state index contributed by atoms with van der Waals surface area (Å²) < 4.78 is 0.762. The second kappa shape index (κ2) is 6.41. The van der Waals surface area contributed by atoms with Gasteiger partial charge in [0.1, 0.15) is 6.07 Å². The molecular formula is C14H14BrN5O. The van der Waals surface area contributed by atoms with Crippen LogP contribution in [0.4, 0.5) is 11.4 Å². The molecule has 1 amide bonds. The minimum absolute atomic E-state index is 0.141. The zero-order chi connectivity index (χ0) is 15.4. The van der Waals surface area contributed by atoms with Crippen molar-refractivity contribution < 1.29 is 4.79 Å². The lowest BCUT2D eigenvalue weighted by molar-refractivity contribution is 0.102. The molecule has 0 aliphatic heterocycles. The number of anilines is 2. The van der Waals surface area contributed by atoms with Crippen molar-refractivity contribution in [2.45, 2.75) is 19.8 Å². The summed E-state index contributed by atoms with van der Waals surface area (Å²) in [5.41, 5.74) is 7.94.